The number of ether oxygens (including phenoxy) is 1. The van der Waals surface area contributed by atoms with Crippen LogP contribution in [-0.2, 0) is 11.2 Å². The molecule has 0 aliphatic carbocycles. The number of alkyl halides is 3. The van der Waals surface area contributed by atoms with E-state index in [0.29, 0.717) is 18.5 Å². The summed E-state index contributed by atoms with van der Waals surface area (Å²) in [5, 5.41) is 2.70. The highest BCUT2D eigenvalue weighted by Crippen LogP contribution is 2.27. The number of para-hydroxylation sites is 1. The monoisotopic (exact) mass is 246 g/mol. The summed E-state index contributed by atoms with van der Waals surface area (Å²) in [6.45, 7) is 0. The van der Waals surface area contributed by atoms with Gasteiger partial charge in [0.25, 0.3) is 0 Å². The zero-order valence-corrected chi connectivity index (χ0v) is 9.00. The average molecular weight is 246 g/mol. The molecule has 3 N–H and O–H groups in total. The predicted octanol–water partition coefficient (Wildman–Crippen LogP) is 2.23. The molecule has 2 rings (SSSR count). The third-order valence-corrected chi connectivity index (χ3v) is 2.71. The van der Waals surface area contributed by atoms with Crippen LogP contribution < -0.4 is 11.1 Å². The van der Waals surface area contributed by atoms with Gasteiger partial charge in [-0.05, 0) is 24.5 Å². The fourth-order valence-electron chi connectivity index (χ4n) is 1.87. The van der Waals surface area contributed by atoms with Crippen LogP contribution >= 0.6 is 0 Å². The minimum Gasteiger partial charge on any atom is -0.358 e. The van der Waals surface area contributed by atoms with E-state index in [9.17, 15) is 13.2 Å². The van der Waals surface area contributed by atoms with Gasteiger partial charge in [0.1, 0.15) is 0 Å². The van der Waals surface area contributed by atoms with Crippen molar-refractivity contribution in [1.82, 2.24) is 0 Å². The molecular formula is C11H13F3N2O. The molecule has 0 spiro atoms. The van der Waals surface area contributed by atoms with Gasteiger partial charge >= 0.3 is 6.36 Å². The Bertz CT molecular complexity index is 395. The molecular weight excluding hydrogens is 233 g/mol. The van der Waals surface area contributed by atoms with Crippen molar-refractivity contribution in [2.75, 3.05) is 5.32 Å². The number of fused-ring (bicyclic) bond motifs is 1. The maximum Gasteiger partial charge on any atom is 0.524 e. The number of nitrogens with one attached hydrogen (secondary N) is 1. The molecule has 1 aromatic carbocycles. The normalized spacial score (nSPS) is 24.7. The zero-order valence-electron chi connectivity index (χ0n) is 9.00. The zero-order chi connectivity index (χ0) is 12.5. The van der Waals surface area contributed by atoms with Gasteiger partial charge in [-0.3, -0.25) is 4.74 Å². The summed E-state index contributed by atoms with van der Waals surface area (Å²) < 4.78 is 40.6. The van der Waals surface area contributed by atoms with Gasteiger partial charge in [0, 0.05) is 5.69 Å². The number of hydrogen-bond acceptors (Lipinski definition) is 3. The van der Waals surface area contributed by atoms with Crippen LogP contribution in [0.15, 0.2) is 24.3 Å². The van der Waals surface area contributed by atoms with E-state index in [4.69, 9.17) is 5.73 Å². The van der Waals surface area contributed by atoms with E-state index in [0.717, 1.165) is 5.56 Å². The van der Waals surface area contributed by atoms with Gasteiger partial charge in [-0.2, -0.15) is 0 Å². The molecule has 94 valence electrons. The SMILES string of the molecule is N[C@@H]1CCc2ccccc2N[C@@H]1OC(F)(F)F. The molecule has 0 saturated carbocycles. The van der Waals surface area contributed by atoms with E-state index in [2.05, 4.69) is 10.1 Å². The molecule has 0 saturated heterocycles. The van der Waals surface area contributed by atoms with Gasteiger partial charge in [-0.25, -0.2) is 0 Å². The number of hydrogen-bond donors (Lipinski definition) is 2. The largest absolute Gasteiger partial charge is 0.524 e. The lowest BCUT2D eigenvalue weighted by molar-refractivity contribution is -0.340. The summed E-state index contributed by atoms with van der Waals surface area (Å²) in [5.74, 6) is 0. The lowest BCUT2D eigenvalue weighted by Crippen LogP contribution is -2.44. The number of anilines is 1. The Morgan fingerprint density at radius 1 is 1.29 bits per heavy atom. The van der Waals surface area contributed by atoms with Crippen molar-refractivity contribution < 1.29 is 17.9 Å². The number of nitrogens with two attached hydrogens (primary N) is 1. The third-order valence-electron chi connectivity index (χ3n) is 2.71. The second-order valence-corrected chi connectivity index (χ2v) is 3.99. The van der Waals surface area contributed by atoms with E-state index in [1.807, 2.05) is 12.1 Å². The van der Waals surface area contributed by atoms with Crippen LogP contribution in [-0.4, -0.2) is 18.6 Å². The summed E-state index contributed by atoms with van der Waals surface area (Å²) in [6.07, 6.45) is -4.83. The van der Waals surface area contributed by atoms with Gasteiger partial charge < -0.3 is 11.1 Å². The molecule has 0 unspecified atom stereocenters. The predicted molar refractivity (Wildman–Crippen MR) is 57.3 cm³/mol. The highest BCUT2D eigenvalue weighted by Gasteiger charge is 2.37. The standard InChI is InChI=1S/C11H13F3N2O/c12-11(13,14)17-10-8(15)6-5-7-3-1-2-4-9(7)16-10/h1-4,8,10,16H,5-6,15H2/t8-,10-/m1/s1. The molecule has 1 aromatic rings. The molecule has 0 radical (unpaired) electrons. The first-order valence-electron chi connectivity index (χ1n) is 5.30. The van der Waals surface area contributed by atoms with Crippen LogP contribution in [0.5, 0.6) is 0 Å². The van der Waals surface area contributed by atoms with E-state index in [-0.39, 0.29) is 0 Å². The van der Waals surface area contributed by atoms with E-state index in [1.54, 1.807) is 12.1 Å². The molecule has 0 aromatic heterocycles. The maximum atomic E-state index is 12.2. The molecule has 0 fully saturated rings. The highest BCUT2D eigenvalue weighted by atomic mass is 19.4. The number of aryl methyl sites for hydroxylation is 1. The number of halogens is 3. The van der Waals surface area contributed by atoms with Gasteiger partial charge in [0.15, 0.2) is 6.23 Å². The van der Waals surface area contributed by atoms with Crippen molar-refractivity contribution in [3.8, 4) is 0 Å². The first-order valence-corrected chi connectivity index (χ1v) is 5.30. The Kier molecular flexibility index (Phi) is 3.26. The van der Waals surface area contributed by atoms with Crippen LogP contribution in [0.2, 0.25) is 0 Å². The molecule has 1 aliphatic heterocycles. The Labute approximate surface area is 96.8 Å². The lowest BCUT2D eigenvalue weighted by Gasteiger charge is -2.24. The summed E-state index contributed by atoms with van der Waals surface area (Å²) in [7, 11) is 0. The average Bonchev–Trinajstić information content (AvgIpc) is 2.38. The van der Waals surface area contributed by atoms with Crippen LogP contribution in [0.1, 0.15) is 12.0 Å². The highest BCUT2D eigenvalue weighted by molar-refractivity contribution is 5.52. The van der Waals surface area contributed by atoms with Crippen LogP contribution in [0, 0.1) is 0 Å². The van der Waals surface area contributed by atoms with Gasteiger partial charge in [-0.1, -0.05) is 18.2 Å². The van der Waals surface area contributed by atoms with E-state index < -0.39 is 18.6 Å². The van der Waals surface area contributed by atoms with Crippen molar-refractivity contribution in [2.45, 2.75) is 31.5 Å². The second kappa shape index (κ2) is 4.54. The van der Waals surface area contributed by atoms with Crippen LogP contribution in [0.4, 0.5) is 18.9 Å². The van der Waals surface area contributed by atoms with Crippen LogP contribution in [0.3, 0.4) is 0 Å². The first-order chi connectivity index (χ1) is 7.96. The minimum atomic E-state index is -4.69. The minimum absolute atomic E-state index is 0.449. The quantitative estimate of drug-likeness (QED) is 0.798. The molecule has 1 aliphatic rings. The summed E-state index contributed by atoms with van der Waals surface area (Å²) in [6, 6.07) is 6.50. The molecule has 17 heavy (non-hydrogen) atoms. The van der Waals surface area contributed by atoms with Gasteiger partial charge in [-0.15, -0.1) is 13.2 Å². The lowest BCUT2D eigenvalue weighted by atomic mass is 10.1. The second-order valence-electron chi connectivity index (χ2n) is 3.99. The van der Waals surface area contributed by atoms with Gasteiger partial charge in [0.05, 0.1) is 6.04 Å². The van der Waals surface area contributed by atoms with E-state index in [1.165, 1.54) is 0 Å². The fraction of sp³-hybridized carbons (Fsp3) is 0.455. The number of benzene rings is 1. The van der Waals surface area contributed by atoms with Crippen molar-refractivity contribution >= 4 is 5.69 Å². The fourth-order valence-corrected chi connectivity index (χ4v) is 1.87. The first kappa shape index (κ1) is 12.2. The van der Waals surface area contributed by atoms with E-state index >= 15 is 0 Å². The summed E-state index contributed by atoms with van der Waals surface area (Å²) in [5.41, 5.74) is 7.28. The smallest absolute Gasteiger partial charge is 0.358 e. The van der Waals surface area contributed by atoms with Crippen molar-refractivity contribution in [1.29, 1.82) is 0 Å². The van der Waals surface area contributed by atoms with Gasteiger partial charge in [0.2, 0.25) is 0 Å². The van der Waals surface area contributed by atoms with Crippen molar-refractivity contribution in [3.05, 3.63) is 29.8 Å². The number of rotatable bonds is 1. The van der Waals surface area contributed by atoms with Crippen molar-refractivity contribution in [3.63, 3.8) is 0 Å². The Morgan fingerprint density at radius 3 is 2.71 bits per heavy atom. The third kappa shape index (κ3) is 3.10. The summed E-state index contributed by atoms with van der Waals surface area (Å²) >= 11 is 0. The maximum absolute atomic E-state index is 12.2. The van der Waals surface area contributed by atoms with Crippen LogP contribution in [0.25, 0.3) is 0 Å². The summed E-state index contributed by atoms with van der Waals surface area (Å²) in [4.78, 5) is 0. The molecule has 6 heteroatoms. The Hall–Kier alpha value is -1.27. The molecule has 1 heterocycles. The topological polar surface area (TPSA) is 47.3 Å². The Balaban J connectivity index is 2.18. The molecule has 0 amide bonds. The molecule has 0 bridgehead atoms. The molecule has 3 nitrogen and oxygen atoms in total. The Morgan fingerprint density at radius 2 is 2.00 bits per heavy atom. The molecule has 2 atom stereocenters. The van der Waals surface area contributed by atoms with Crippen molar-refractivity contribution in [2.24, 2.45) is 5.73 Å².